The first-order valence-electron chi connectivity index (χ1n) is 8.30. The lowest BCUT2D eigenvalue weighted by Gasteiger charge is -2.21. The van der Waals surface area contributed by atoms with E-state index in [1.54, 1.807) is 19.1 Å². The Morgan fingerprint density at radius 3 is 2.08 bits per heavy atom. The van der Waals surface area contributed by atoms with Gasteiger partial charge in [0.15, 0.2) is 12.1 Å². The van der Waals surface area contributed by atoms with Gasteiger partial charge in [-0.1, -0.05) is 42.5 Å². The van der Waals surface area contributed by atoms with Crippen LogP contribution in [0.5, 0.6) is 5.75 Å². The molecule has 0 saturated heterocycles. The van der Waals surface area contributed by atoms with Crippen molar-refractivity contribution in [3.63, 3.8) is 0 Å². The Morgan fingerprint density at radius 1 is 0.962 bits per heavy atom. The lowest BCUT2D eigenvalue weighted by molar-refractivity contribution is -0.148. The number of nitrogens with one attached hydrogen (secondary N) is 1. The summed E-state index contributed by atoms with van der Waals surface area (Å²) in [4.78, 5) is 23.8. The fourth-order valence-corrected chi connectivity index (χ4v) is 2.39. The number of rotatable bonds is 7. The monoisotopic (exact) mass is 357 g/mol. The fraction of sp³-hybridized carbons (Fsp3) is 0.300. The normalized spacial score (nSPS) is 14.0. The van der Waals surface area contributed by atoms with E-state index < -0.39 is 30.1 Å². The average Bonchev–Trinajstić information content (AvgIpc) is 2.66. The number of hydrogen-bond acceptors (Lipinski definition) is 5. The summed E-state index contributed by atoms with van der Waals surface area (Å²) in [6.45, 7) is 2.96. The molecule has 0 spiro atoms. The number of carbonyl (C=O) groups is 2. The highest BCUT2D eigenvalue weighted by Gasteiger charge is 2.28. The molecule has 0 heterocycles. The summed E-state index contributed by atoms with van der Waals surface area (Å²) in [5, 5.41) is 12.1. The van der Waals surface area contributed by atoms with Crippen molar-refractivity contribution in [1.29, 1.82) is 0 Å². The first-order chi connectivity index (χ1) is 12.4. The number of methoxy groups -OCH3 is 1. The Kier molecular flexibility index (Phi) is 6.74. The van der Waals surface area contributed by atoms with Crippen LogP contribution in [0.3, 0.4) is 0 Å². The molecule has 1 amide bonds. The van der Waals surface area contributed by atoms with E-state index in [1.165, 1.54) is 14.0 Å². The second-order valence-corrected chi connectivity index (χ2v) is 5.90. The number of esters is 1. The molecule has 0 aromatic heterocycles. The second-order valence-electron chi connectivity index (χ2n) is 5.90. The van der Waals surface area contributed by atoms with Crippen molar-refractivity contribution in [3.8, 4) is 16.9 Å². The van der Waals surface area contributed by atoms with E-state index in [1.807, 2.05) is 42.5 Å². The molecule has 3 atom stereocenters. The van der Waals surface area contributed by atoms with Gasteiger partial charge in [-0.2, -0.15) is 0 Å². The van der Waals surface area contributed by atoms with Gasteiger partial charge >= 0.3 is 5.97 Å². The van der Waals surface area contributed by atoms with Crippen molar-refractivity contribution >= 4 is 11.9 Å². The van der Waals surface area contributed by atoms with Crippen LogP contribution >= 0.6 is 0 Å². The van der Waals surface area contributed by atoms with Gasteiger partial charge in [0.25, 0.3) is 5.91 Å². The summed E-state index contributed by atoms with van der Waals surface area (Å²) in [7, 11) is 1.19. The van der Waals surface area contributed by atoms with Crippen LogP contribution in [0.1, 0.15) is 13.8 Å². The standard InChI is InChI=1S/C20H23NO5/c1-13(22)18(20(24)25-3)21-19(23)14(2)26-17-11-9-16(10-12-17)15-7-5-4-6-8-15/h4-14,18,22H,1-3H3,(H,21,23)/t13-,14+,18+/m0/s1. The van der Waals surface area contributed by atoms with Crippen molar-refractivity contribution in [2.75, 3.05) is 7.11 Å². The maximum atomic E-state index is 12.2. The van der Waals surface area contributed by atoms with E-state index in [9.17, 15) is 14.7 Å². The van der Waals surface area contributed by atoms with Crippen molar-refractivity contribution in [3.05, 3.63) is 54.6 Å². The van der Waals surface area contributed by atoms with Gasteiger partial charge in [0, 0.05) is 0 Å². The first kappa shape index (κ1) is 19.5. The summed E-state index contributed by atoms with van der Waals surface area (Å²) >= 11 is 0. The Morgan fingerprint density at radius 2 is 1.54 bits per heavy atom. The minimum absolute atomic E-state index is 0.520. The molecule has 2 rings (SSSR count). The summed E-state index contributed by atoms with van der Waals surface area (Å²) in [6.07, 6.45) is -1.92. The highest BCUT2D eigenvalue weighted by Crippen LogP contribution is 2.22. The predicted octanol–water partition coefficient (Wildman–Crippen LogP) is 2.16. The number of hydrogen-bond donors (Lipinski definition) is 2. The zero-order chi connectivity index (χ0) is 19.1. The molecule has 0 fully saturated rings. The van der Waals surface area contributed by atoms with Gasteiger partial charge in [0.1, 0.15) is 5.75 Å². The molecular weight excluding hydrogens is 334 g/mol. The quantitative estimate of drug-likeness (QED) is 0.742. The molecule has 26 heavy (non-hydrogen) atoms. The molecule has 2 aromatic carbocycles. The molecular formula is C20H23NO5. The smallest absolute Gasteiger partial charge is 0.331 e. The summed E-state index contributed by atoms with van der Waals surface area (Å²) in [5.41, 5.74) is 2.12. The molecule has 0 aliphatic rings. The summed E-state index contributed by atoms with van der Waals surface area (Å²) < 4.78 is 10.2. The van der Waals surface area contributed by atoms with E-state index in [0.29, 0.717) is 5.75 Å². The summed E-state index contributed by atoms with van der Waals surface area (Å²) in [5.74, 6) is -0.708. The molecule has 0 unspecified atom stereocenters. The van der Waals surface area contributed by atoms with Crippen molar-refractivity contribution in [2.45, 2.75) is 32.1 Å². The fourth-order valence-electron chi connectivity index (χ4n) is 2.39. The molecule has 6 nitrogen and oxygen atoms in total. The Bertz CT molecular complexity index is 728. The molecule has 0 aliphatic carbocycles. The van der Waals surface area contributed by atoms with Crippen molar-refractivity contribution < 1.29 is 24.2 Å². The first-order valence-corrected chi connectivity index (χ1v) is 8.30. The zero-order valence-corrected chi connectivity index (χ0v) is 15.0. The number of aliphatic hydroxyl groups excluding tert-OH is 1. The molecule has 138 valence electrons. The van der Waals surface area contributed by atoms with Crippen LogP contribution in [0.15, 0.2) is 54.6 Å². The van der Waals surface area contributed by atoms with Crippen molar-refractivity contribution in [2.24, 2.45) is 0 Å². The molecule has 2 N–H and O–H groups in total. The molecule has 0 radical (unpaired) electrons. The molecule has 0 saturated carbocycles. The molecule has 6 heteroatoms. The van der Waals surface area contributed by atoms with E-state index in [2.05, 4.69) is 10.1 Å². The van der Waals surface area contributed by atoms with Crippen LogP contribution in [0.2, 0.25) is 0 Å². The Balaban J connectivity index is 1.99. The number of ether oxygens (including phenoxy) is 2. The van der Waals surface area contributed by atoms with Gasteiger partial charge < -0.3 is 19.9 Å². The zero-order valence-electron chi connectivity index (χ0n) is 15.0. The third-order valence-electron chi connectivity index (χ3n) is 3.88. The Labute approximate surface area is 152 Å². The van der Waals surface area contributed by atoms with Gasteiger partial charge in [0.2, 0.25) is 0 Å². The maximum absolute atomic E-state index is 12.2. The maximum Gasteiger partial charge on any atom is 0.331 e. The second kappa shape index (κ2) is 9.01. The highest BCUT2D eigenvalue weighted by atomic mass is 16.5. The van der Waals surface area contributed by atoms with E-state index >= 15 is 0 Å². The molecule has 0 aliphatic heterocycles. The van der Waals surface area contributed by atoms with Gasteiger partial charge in [-0.25, -0.2) is 4.79 Å². The molecule has 0 bridgehead atoms. The van der Waals surface area contributed by atoms with Crippen LogP contribution in [0, 0.1) is 0 Å². The molecule has 2 aromatic rings. The van der Waals surface area contributed by atoms with E-state index in [0.717, 1.165) is 11.1 Å². The van der Waals surface area contributed by atoms with Gasteiger partial charge in [-0.15, -0.1) is 0 Å². The van der Waals surface area contributed by atoms with Crippen LogP contribution in [0.25, 0.3) is 11.1 Å². The number of aliphatic hydroxyl groups is 1. The van der Waals surface area contributed by atoms with Gasteiger partial charge in [-0.05, 0) is 37.1 Å². The van der Waals surface area contributed by atoms with Crippen molar-refractivity contribution in [1.82, 2.24) is 5.32 Å². The minimum atomic E-state index is -1.14. The van der Waals surface area contributed by atoms with Crippen LogP contribution in [0.4, 0.5) is 0 Å². The number of amides is 1. The highest BCUT2D eigenvalue weighted by molar-refractivity contribution is 5.87. The van der Waals surface area contributed by atoms with Crippen LogP contribution in [-0.2, 0) is 14.3 Å². The van der Waals surface area contributed by atoms with Gasteiger partial charge in [0.05, 0.1) is 13.2 Å². The van der Waals surface area contributed by atoms with E-state index in [4.69, 9.17) is 4.74 Å². The lowest BCUT2D eigenvalue weighted by Crippen LogP contribution is -2.51. The third kappa shape index (κ3) is 5.07. The largest absolute Gasteiger partial charge is 0.481 e. The summed E-state index contributed by atoms with van der Waals surface area (Å²) in [6, 6.07) is 16.1. The predicted molar refractivity (Wildman–Crippen MR) is 97.6 cm³/mol. The number of carbonyl (C=O) groups excluding carboxylic acids is 2. The minimum Gasteiger partial charge on any atom is -0.481 e. The number of benzene rings is 2. The van der Waals surface area contributed by atoms with Crippen LogP contribution < -0.4 is 10.1 Å². The third-order valence-corrected chi connectivity index (χ3v) is 3.88. The SMILES string of the molecule is COC(=O)[C@H](NC(=O)[C@@H](C)Oc1ccc(-c2ccccc2)cc1)[C@H](C)O. The van der Waals surface area contributed by atoms with Gasteiger partial charge in [-0.3, -0.25) is 4.79 Å². The average molecular weight is 357 g/mol. The Hall–Kier alpha value is -2.86. The lowest BCUT2D eigenvalue weighted by atomic mass is 10.1. The topological polar surface area (TPSA) is 84.9 Å². The van der Waals surface area contributed by atoms with Crippen LogP contribution in [-0.4, -0.2) is 42.3 Å². The van der Waals surface area contributed by atoms with E-state index in [-0.39, 0.29) is 0 Å².